The number of hydrogen-bond donors (Lipinski definition) is 3. The monoisotopic (exact) mass is 274 g/mol. The average molecular weight is 274 g/mol. The van der Waals surface area contributed by atoms with E-state index in [9.17, 15) is 18.0 Å². The molecule has 102 valence electrons. The topological polar surface area (TPSA) is 75.3 Å². The first-order valence-electron chi connectivity index (χ1n) is 4.88. The predicted octanol–water partition coefficient (Wildman–Crippen LogP) is 0.495. The molecule has 0 saturated carbocycles. The second kappa shape index (κ2) is 5.92. The van der Waals surface area contributed by atoms with Gasteiger partial charge >= 0.3 is 6.18 Å². The van der Waals surface area contributed by atoms with E-state index in [1.54, 1.807) is 6.26 Å². The van der Waals surface area contributed by atoms with E-state index in [-0.39, 0.29) is 11.9 Å². The number of halogens is 3. The zero-order chi connectivity index (χ0) is 13.9. The summed E-state index contributed by atoms with van der Waals surface area (Å²) in [5, 5.41) is 10.7. The Kier molecular flexibility index (Phi) is 5.76. The van der Waals surface area contributed by atoms with Crippen LogP contribution in [0, 0.1) is 0 Å². The molecule has 0 heterocycles. The summed E-state index contributed by atoms with van der Waals surface area (Å²) in [6.07, 6.45) is -3.13. The summed E-state index contributed by atoms with van der Waals surface area (Å²) < 4.78 is 37.4. The van der Waals surface area contributed by atoms with Crippen LogP contribution in [-0.2, 0) is 4.79 Å². The molecule has 1 amide bonds. The van der Waals surface area contributed by atoms with Crippen LogP contribution in [0.5, 0.6) is 0 Å². The fourth-order valence-corrected chi connectivity index (χ4v) is 1.64. The van der Waals surface area contributed by atoms with Crippen LogP contribution in [0.1, 0.15) is 13.8 Å². The largest absolute Gasteiger partial charge is 0.415 e. The molecule has 4 N–H and O–H groups in total. The normalized spacial score (nSPS) is 19.3. The molecule has 0 aliphatic heterocycles. The zero-order valence-electron chi connectivity index (χ0n) is 9.84. The molecule has 0 radical (unpaired) electrons. The number of aliphatic hydroxyl groups excluding tert-OH is 1. The van der Waals surface area contributed by atoms with Gasteiger partial charge in [-0.05, 0) is 20.1 Å². The van der Waals surface area contributed by atoms with Gasteiger partial charge in [-0.25, -0.2) is 0 Å². The van der Waals surface area contributed by atoms with Crippen molar-refractivity contribution in [1.82, 2.24) is 5.32 Å². The Labute approximate surface area is 102 Å². The minimum Gasteiger partial charge on any atom is -0.395 e. The van der Waals surface area contributed by atoms with Crippen LogP contribution in [0.25, 0.3) is 0 Å². The van der Waals surface area contributed by atoms with Crippen LogP contribution in [0.4, 0.5) is 13.2 Å². The van der Waals surface area contributed by atoms with Crippen molar-refractivity contribution in [2.45, 2.75) is 36.9 Å². The first kappa shape index (κ1) is 16.5. The number of carbonyl (C=O) groups is 1. The van der Waals surface area contributed by atoms with Gasteiger partial charge in [0, 0.05) is 11.3 Å². The van der Waals surface area contributed by atoms with E-state index in [1.165, 1.54) is 18.7 Å². The molecule has 8 heteroatoms. The highest BCUT2D eigenvalue weighted by atomic mass is 32.2. The van der Waals surface area contributed by atoms with Crippen LogP contribution >= 0.6 is 11.8 Å². The predicted molar refractivity (Wildman–Crippen MR) is 60.6 cm³/mol. The molecule has 0 rings (SSSR count). The van der Waals surface area contributed by atoms with E-state index in [1.807, 2.05) is 0 Å². The Morgan fingerprint density at radius 3 is 2.29 bits per heavy atom. The van der Waals surface area contributed by atoms with Crippen molar-refractivity contribution in [3.8, 4) is 0 Å². The van der Waals surface area contributed by atoms with Gasteiger partial charge in [-0.3, -0.25) is 4.79 Å². The van der Waals surface area contributed by atoms with Crippen molar-refractivity contribution in [1.29, 1.82) is 0 Å². The Hall–Kier alpha value is -0.470. The lowest BCUT2D eigenvalue weighted by Gasteiger charge is -2.29. The average Bonchev–Trinajstić information content (AvgIpc) is 2.17. The first-order chi connectivity index (χ1) is 7.57. The maximum absolute atomic E-state index is 12.5. The number of carbonyl (C=O) groups excluding carboxylic acids is 1. The van der Waals surface area contributed by atoms with Crippen molar-refractivity contribution < 1.29 is 23.1 Å². The van der Waals surface area contributed by atoms with E-state index in [2.05, 4.69) is 5.32 Å². The van der Waals surface area contributed by atoms with Gasteiger partial charge in [-0.1, -0.05) is 0 Å². The van der Waals surface area contributed by atoms with Gasteiger partial charge in [0.25, 0.3) is 0 Å². The molecule has 0 spiro atoms. The number of alkyl halides is 3. The van der Waals surface area contributed by atoms with Crippen LogP contribution in [0.3, 0.4) is 0 Å². The zero-order valence-corrected chi connectivity index (χ0v) is 10.7. The Balaban J connectivity index is 4.65. The Morgan fingerprint density at radius 1 is 1.53 bits per heavy atom. The van der Waals surface area contributed by atoms with Crippen molar-refractivity contribution in [2.24, 2.45) is 5.73 Å². The highest BCUT2D eigenvalue weighted by Gasteiger charge is 2.54. The van der Waals surface area contributed by atoms with E-state index in [4.69, 9.17) is 10.8 Å². The van der Waals surface area contributed by atoms with E-state index >= 15 is 0 Å². The number of rotatable bonds is 5. The number of hydrogen-bond acceptors (Lipinski definition) is 4. The molecule has 4 nitrogen and oxygen atoms in total. The molecule has 3 unspecified atom stereocenters. The van der Waals surface area contributed by atoms with E-state index < -0.39 is 23.7 Å². The number of amides is 1. The molecular weight excluding hydrogens is 257 g/mol. The van der Waals surface area contributed by atoms with Crippen molar-refractivity contribution >= 4 is 17.7 Å². The summed E-state index contributed by atoms with van der Waals surface area (Å²) in [4.78, 5) is 11.4. The van der Waals surface area contributed by atoms with Crippen LogP contribution in [-0.4, -0.2) is 46.9 Å². The number of thioether (sulfide) groups is 1. The molecule has 17 heavy (non-hydrogen) atoms. The second-order valence-electron chi connectivity index (χ2n) is 3.92. The smallest absolute Gasteiger partial charge is 0.395 e. The van der Waals surface area contributed by atoms with Gasteiger partial charge in [0.05, 0.1) is 6.61 Å². The minimum absolute atomic E-state index is 0.240. The first-order valence-corrected chi connectivity index (χ1v) is 6.17. The van der Waals surface area contributed by atoms with Gasteiger partial charge in [0.15, 0.2) is 5.54 Å². The van der Waals surface area contributed by atoms with Gasteiger partial charge in [-0.2, -0.15) is 24.9 Å². The molecule has 0 bridgehead atoms. The molecule has 0 aliphatic carbocycles. The molecule has 0 aliphatic rings. The summed E-state index contributed by atoms with van der Waals surface area (Å²) in [6, 6.07) is -0.604. The van der Waals surface area contributed by atoms with Gasteiger partial charge < -0.3 is 16.2 Å². The van der Waals surface area contributed by atoms with Crippen LogP contribution < -0.4 is 11.1 Å². The minimum atomic E-state index is -4.81. The maximum atomic E-state index is 12.5. The van der Waals surface area contributed by atoms with Gasteiger partial charge in [-0.15, -0.1) is 0 Å². The van der Waals surface area contributed by atoms with Crippen LogP contribution in [0.2, 0.25) is 0 Å². The van der Waals surface area contributed by atoms with Crippen molar-refractivity contribution in [3.05, 3.63) is 0 Å². The standard InChI is InChI=1S/C9H17F3N2O2S/c1-5(6(4-15)17-3)14-7(16)8(2,13)9(10,11)12/h5-6,15H,4,13H2,1-3H3,(H,14,16). The SMILES string of the molecule is CSC(CO)C(C)NC(=O)C(C)(N)C(F)(F)F. The highest BCUT2D eigenvalue weighted by molar-refractivity contribution is 7.99. The number of nitrogens with one attached hydrogen (secondary N) is 1. The lowest BCUT2D eigenvalue weighted by atomic mass is 10.0. The fraction of sp³-hybridized carbons (Fsp3) is 0.889. The highest BCUT2D eigenvalue weighted by Crippen LogP contribution is 2.28. The molecule has 0 aromatic rings. The summed E-state index contributed by atoms with van der Waals surface area (Å²) >= 11 is 1.25. The van der Waals surface area contributed by atoms with Crippen molar-refractivity contribution in [2.75, 3.05) is 12.9 Å². The number of aliphatic hydroxyl groups is 1. The van der Waals surface area contributed by atoms with Crippen molar-refractivity contribution in [3.63, 3.8) is 0 Å². The molecular formula is C9H17F3N2O2S. The third-order valence-corrected chi connectivity index (χ3v) is 3.62. The third kappa shape index (κ3) is 4.04. The van der Waals surface area contributed by atoms with E-state index in [0.29, 0.717) is 6.92 Å². The number of nitrogens with two attached hydrogens (primary N) is 1. The fourth-order valence-electron chi connectivity index (χ4n) is 1.02. The van der Waals surface area contributed by atoms with Gasteiger partial charge in [0.1, 0.15) is 0 Å². The van der Waals surface area contributed by atoms with Crippen LogP contribution in [0.15, 0.2) is 0 Å². The van der Waals surface area contributed by atoms with E-state index in [0.717, 1.165) is 0 Å². The molecule has 3 atom stereocenters. The maximum Gasteiger partial charge on any atom is 0.415 e. The molecule has 0 aromatic carbocycles. The molecule has 0 aromatic heterocycles. The quantitative estimate of drug-likeness (QED) is 0.682. The second-order valence-corrected chi connectivity index (χ2v) is 5.00. The summed E-state index contributed by atoms with van der Waals surface area (Å²) in [7, 11) is 0. The summed E-state index contributed by atoms with van der Waals surface area (Å²) in [5.74, 6) is -1.30. The Morgan fingerprint density at radius 2 is 2.00 bits per heavy atom. The lowest BCUT2D eigenvalue weighted by molar-refractivity contribution is -0.187. The molecule has 0 fully saturated rings. The van der Waals surface area contributed by atoms with Gasteiger partial charge in [0.2, 0.25) is 5.91 Å². The molecule has 0 saturated heterocycles. The third-order valence-electron chi connectivity index (χ3n) is 2.46. The lowest BCUT2D eigenvalue weighted by Crippen LogP contribution is -2.63. The Bertz CT molecular complexity index is 267. The summed E-state index contributed by atoms with van der Waals surface area (Å²) in [5.41, 5.74) is 2.03. The summed E-state index contributed by atoms with van der Waals surface area (Å²) in [6.45, 7) is 1.89.